The highest BCUT2D eigenvalue weighted by Crippen LogP contribution is 2.24. The summed E-state index contributed by atoms with van der Waals surface area (Å²) < 4.78 is 28.0. The Labute approximate surface area is 170 Å². The third-order valence-electron chi connectivity index (χ3n) is 3.26. The summed E-state index contributed by atoms with van der Waals surface area (Å²) in [6.45, 7) is 1.34. The number of ether oxygens (including phenoxy) is 1. The zero-order valence-corrected chi connectivity index (χ0v) is 16.8. The number of nitrogens with one attached hydrogen (secondary N) is 1. The van der Waals surface area contributed by atoms with Gasteiger partial charge in [0.25, 0.3) is 5.91 Å². The molecule has 27 heavy (non-hydrogen) atoms. The molecule has 11 heteroatoms. The van der Waals surface area contributed by atoms with Crippen LogP contribution in [-0.2, 0) is 19.6 Å². The number of benzene rings is 2. The molecular weight excluding hydrogens is 439 g/mol. The lowest BCUT2D eigenvalue weighted by Crippen LogP contribution is -2.30. The number of amides is 1. The molecule has 0 fully saturated rings. The second-order valence-corrected chi connectivity index (χ2v) is 8.20. The molecule has 1 atom stereocenters. The topological polar surface area (TPSA) is 116 Å². The predicted octanol–water partition coefficient (Wildman–Crippen LogP) is 3.48. The maximum absolute atomic E-state index is 12.2. The summed E-state index contributed by atoms with van der Waals surface area (Å²) in [6, 6.07) is 7.85. The van der Waals surface area contributed by atoms with E-state index in [2.05, 4.69) is 5.32 Å². The van der Waals surface area contributed by atoms with E-state index < -0.39 is 32.9 Å². The fourth-order valence-corrected chi connectivity index (χ4v) is 3.60. The minimum absolute atomic E-state index is 0.131. The van der Waals surface area contributed by atoms with Crippen LogP contribution < -0.4 is 10.5 Å². The maximum Gasteiger partial charge on any atom is 0.338 e. The lowest BCUT2D eigenvalue weighted by atomic mass is 10.2. The van der Waals surface area contributed by atoms with Gasteiger partial charge in [-0.25, -0.2) is 18.4 Å². The van der Waals surface area contributed by atoms with Crippen LogP contribution >= 0.6 is 34.8 Å². The van der Waals surface area contributed by atoms with Crippen LogP contribution in [0.4, 0.5) is 5.69 Å². The fourth-order valence-electron chi connectivity index (χ4n) is 2.00. The van der Waals surface area contributed by atoms with Crippen LogP contribution in [0.15, 0.2) is 41.3 Å². The number of carbonyl (C=O) groups excluding carboxylic acids is 2. The molecule has 0 aromatic heterocycles. The van der Waals surface area contributed by atoms with Crippen molar-refractivity contribution in [1.82, 2.24) is 0 Å². The van der Waals surface area contributed by atoms with Crippen molar-refractivity contribution < 1.29 is 22.7 Å². The van der Waals surface area contributed by atoms with Gasteiger partial charge in [0.05, 0.1) is 10.6 Å². The first-order valence-corrected chi connectivity index (χ1v) is 9.95. The van der Waals surface area contributed by atoms with E-state index in [0.29, 0.717) is 15.7 Å². The second kappa shape index (κ2) is 8.45. The molecule has 0 aliphatic carbocycles. The molecule has 0 aliphatic rings. The van der Waals surface area contributed by atoms with Crippen LogP contribution in [-0.4, -0.2) is 26.4 Å². The average Bonchev–Trinajstić information content (AvgIpc) is 2.52. The highest BCUT2D eigenvalue weighted by molar-refractivity contribution is 7.89. The molecule has 0 saturated carbocycles. The first kappa shape index (κ1) is 21.5. The molecule has 0 saturated heterocycles. The summed E-state index contributed by atoms with van der Waals surface area (Å²) in [4.78, 5) is 23.9. The molecule has 0 bridgehead atoms. The second-order valence-electron chi connectivity index (χ2n) is 5.39. The Balaban J connectivity index is 2.12. The lowest BCUT2D eigenvalue weighted by molar-refractivity contribution is -0.123. The molecule has 0 heterocycles. The van der Waals surface area contributed by atoms with Crippen molar-refractivity contribution in [3.05, 3.63) is 57.0 Å². The van der Waals surface area contributed by atoms with E-state index >= 15 is 0 Å². The Hall–Kier alpha value is -1.84. The number of carbonyl (C=O) groups is 2. The predicted molar refractivity (Wildman–Crippen MR) is 103 cm³/mol. The van der Waals surface area contributed by atoms with Crippen LogP contribution in [0.1, 0.15) is 17.3 Å². The highest BCUT2D eigenvalue weighted by Gasteiger charge is 2.22. The van der Waals surface area contributed by atoms with Gasteiger partial charge in [0, 0.05) is 15.7 Å². The van der Waals surface area contributed by atoms with Gasteiger partial charge in [0.2, 0.25) is 10.0 Å². The number of anilines is 1. The van der Waals surface area contributed by atoms with Gasteiger partial charge in [0.15, 0.2) is 6.10 Å². The van der Waals surface area contributed by atoms with Crippen molar-refractivity contribution in [2.24, 2.45) is 5.14 Å². The standard InChI is InChI=1S/C16H13Cl3N2O5S/c1-8(15(22)21-12-6-10(17)5-11(18)7-12)26-16(23)9-2-3-13(19)14(4-9)27(20,24)25/h2-8H,1H3,(H,21,22)(H2,20,24,25). The Morgan fingerprint density at radius 2 is 1.67 bits per heavy atom. The Kier molecular flexibility index (Phi) is 6.72. The molecule has 0 radical (unpaired) electrons. The zero-order valence-electron chi connectivity index (χ0n) is 13.7. The van der Waals surface area contributed by atoms with Crippen molar-refractivity contribution in [2.45, 2.75) is 17.9 Å². The number of esters is 1. The summed E-state index contributed by atoms with van der Waals surface area (Å²) >= 11 is 17.5. The summed E-state index contributed by atoms with van der Waals surface area (Å²) in [5.41, 5.74) is 0.192. The van der Waals surface area contributed by atoms with Crippen molar-refractivity contribution in [3.63, 3.8) is 0 Å². The summed E-state index contributed by atoms with van der Waals surface area (Å²) in [7, 11) is -4.13. The summed E-state index contributed by atoms with van der Waals surface area (Å²) in [6.07, 6.45) is -1.19. The average molecular weight is 452 g/mol. The molecule has 7 nitrogen and oxygen atoms in total. The largest absolute Gasteiger partial charge is 0.449 e. The molecule has 2 aromatic carbocycles. The quantitative estimate of drug-likeness (QED) is 0.675. The van der Waals surface area contributed by atoms with E-state index in [1.807, 2.05) is 0 Å². The van der Waals surface area contributed by atoms with Crippen molar-refractivity contribution in [3.8, 4) is 0 Å². The molecule has 1 amide bonds. The number of nitrogens with two attached hydrogens (primary N) is 1. The maximum atomic E-state index is 12.2. The van der Waals surface area contributed by atoms with Gasteiger partial charge in [0.1, 0.15) is 4.90 Å². The number of hydrogen-bond donors (Lipinski definition) is 2. The smallest absolute Gasteiger partial charge is 0.338 e. The summed E-state index contributed by atoms with van der Waals surface area (Å²) in [5, 5.41) is 8.04. The molecule has 0 aliphatic heterocycles. The van der Waals surface area contributed by atoms with E-state index in [4.69, 9.17) is 44.7 Å². The van der Waals surface area contributed by atoms with E-state index in [-0.39, 0.29) is 10.6 Å². The van der Waals surface area contributed by atoms with Gasteiger partial charge >= 0.3 is 5.97 Å². The van der Waals surface area contributed by atoms with Crippen molar-refractivity contribution in [1.29, 1.82) is 0 Å². The first-order chi connectivity index (χ1) is 12.5. The van der Waals surface area contributed by atoms with Crippen molar-refractivity contribution >= 4 is 62.4 Å². The van der Waals surface area contributed by atoms with Crippen molar-refractivity contribution in [2.75, 3.05) is 5.32 Å². The number of halogens is 3. The molecule has 1 unspecified atom stereocenters. The normalized spacial score (nSPS) is 12.3. The van der Waals surface area contributed by atoms with Gasteiger partial charge in [-0.2, -0.15) is 0 Å². The van der Waals surface area contributed by atoms with E-state index in [9.17, 15) is 18.0 Å². The Morgan fingerprint density at radius 1 is 1.07 bits per heavy atom. The number of primary sulfonamides is 1. The highest BCUT2D eigenvalue weighted by atomic mass is 35.5. The monoisotopic (exact) mass is 450 g/mol. The van der Waals surface area contributed by atoms with Crippen LogP contribution in [0.2, 0.25) is 15.1 Å². The SMILES string of the molecule is CC(OC(=O)c1ccc(Cl)c(S(N)(=O)=O)c1)C(=O)Nc1cc(Cl)cc(Cl)c1. The number of sulfonamides is 1. The Morgan fingerprint density at radius 3 is 2.22 bits per heavy atom. The van der Waals surface area contributed by atoms with Gasteiger partial charge in [-0.05, 0) is 43.3 Å². The van der Waals surface area contributed by atoms with Crippen LogP contribution in [0, 0.1) is 0 Å². The van der Waals surface area contributed by atoms with Crippen LogP contribution in [0.5, 0.6) is 0 Å². The first-order valence-electron chi connectivity index (χ1n) is 7.27. The third kappa shape index (κ3) is 5.82. The molecular formula is C16H13Cl3N2O5S. The van der Waals surface area contributed by atoms with Gasteiger partial charge in [-0.1, -0.05) is 34.8 Å². The van der Waals surface area contributed by atoms with E-state index in [1.54, 1.807) is 0 Å². The van der Waals surface area contributed by atoms with E-state index in [0.717, 1.165) is 6.07 Å². The molecule has 2 aromatic rings. The minimum atomic E-state index is -4.13. The molecule has 3 N–H and O–H groups in total. The minimum Gasteiger partial charge on any atom is -0.449 e. The lowest BCUT2D eigenvalue weighted by Gasteiger charge is -2.14. The molecule has 0 spiro atoms. The molecule has 2 rings (SSSR count). The Bertz CT molecular complexity index is 991. The fraction of sp³-hybridized carbons (Fsp3) is 0.125. The van der Waals surface area contributed by atoms with Crippen LogP contribution in [0.3, 0.4) is 0 Å². The van der Waals surface area contributed by atoms with Gasteiger partial charge < -0.3 is 10.1 Å². The van der Waals surface area contributed by atoms with E-state index in [1.165, 1.54) is 37.3 Å². The summed E-state index contributed by atoms with van der Waals surface area (Å²) in [5.74, 6) is -1.56. The number of hydrogen-bond acceptors (Lipinski definition) is 5. The van der Waals surface area contributed by atoms with Gasteiger partial charge in [-0.15, -0.1) is 0 Å². The third-order valence-corrected chi connectivity index (χ3v) is 5.09. The van der Waals surface area contributed by atoms with Crippen LogP contribution in [0.25, 0.3) is 0 Å². The number of rotatable bonds is 5. The van der Waals surface area contributed by atoms with Gasteiger partial charge in [-0.3, -0.25) is 4.79 Å². The zero-order chi connectivity index (χ0) is 20.4. The molecule has 144 valence electrons.